The van der Waals surface area contributed by atoms with Gasteiger partial charge in [-0.05, 0) is 31.5 Å². The van der Waals surface area contributed by atoms with E-state index in [1.807, 2.05) is 12.4 Å². The van der Waals surface area contributed by atoms with Gasteiger partial charge in [0, 0.05) is 30.8 Å². The molecule has 16 heavy (non-hydrogen) atoms. The van der Waals surface area contributed by atoms with Gasteiger partial charge < -0.3 is 15.1 Å². The van der Waals surface area contributed by atoms with Gasteiger partial charge in [-0.25, -0.2) is 0 Å². The summed E-state index contributed by atoms with van der Waals surface area (Å²) in [5.41, 5.74) is 1.45. The lowest BCUT2D eigenvalue weighted by molar-refractivity contribution is -0.117. The zero-order valence-electron chi connectivity index (χ0n) is 10.5. The first-order chi connectivity index (χ1) is 7.52. The smallest absolute Gasteiger partial charge is 0.129 e. The average molecular weight is 222 g/mol. The van der Waals surface area contributed by atoms with Crippen molar-refractivity contribution in [1.82, 2.24) is 10.3 Å². The third kappa shape index (κ3) is 4.19. The van der Waals surface area contributed by atoms with Crippen LogP contribution in [0.15, 0.2) is 18.5 Å². The fourth-order valence-corrected chi connectivity index (χ4v) is 1.71. The molecule has 0 amide bonds. The first-order valence-electron chi connectivity index (χ1n) is 5.86. The van der Waals surface area contributed by atoms with Gasteiger partial charge in [0.05, 0.1) is 0 Å². The molecular formula is C13H22N2O. The fraction of sp³-hybridized carbons (Fsp3) is 0.615. The Morgan fingerprint density at radius 3 is 2.81 bits per heavy atom. The summed E-state index contributed by atoms with van der Waals surface area (Å²) in [5, 5.41) is 3.40. The predicted molar refractivity (Wildman–Crippen MR) is 66.6 cm³/mol. The number of hydrogen-bond acceptors (Lipinski definition) is 2. The number of H-pyrrole nitrogens is 1. The molecule has 0 fully saturated rings. The monoisotopic (exact) mass is 222 g/mol. The molecule has 0 saturated carbocycles. The molecule has 3 nitrogen and oxygen atoms in total. The van der Waals surface area contributed by atoms with Crippen LogP contribution in [0.5, 0.6) is 0 Å². The lowest BCUT2D eigenvalue weighted by Crippen LogP contribution is -2.33. The minimum absolute atomic E-state index is 0.135. The normalized spacial score (nSPS) is 11.7. The maximum absolute atomic E-state index is 10.8. The molecule has 0 bridgehead atoms. The summed E-state index contributed by atoms with van der Waals surface area (Å²) >= 11 is 0. The number of carbonyl (C=O) groups is 1. The number of Topliss-reactive ketones (excluding diaryl/α,β-unsaturated/α-hetero) is 1. The molecular weight excluding hydrogens is 200 g/mol. The summed E-state index contributed by atoms with van der Waals surface area (Å²) in [6.07, 6.45) is 5.60. The maximum atomic E-state index is 10.8. The van der Waals surface area contributed by atoms with Crippen LogP contribution in [0.3, 0.4) is 0 Å². The molecule has 1 aromatic heterocycles. The number of aromatic nitrogens is 1. The van der Waals surface area contributed by atoms with E-state index in [4.69, 9.17) is 0 Å². The molecule has 0 aromatic carbocycles. The number of ketones is 1. The second kappa shape index (κ2) is 5.85. The second-order valence-corrected chi connectivity index (χ2v) is 4.97. The Bertz CT molecular complexity index is 315. The van der Waals surface area contributed by atoms with Crippen molar-refractivity contribution in [3.8, 4) is 0 Å². The van der Waals surface area contributed by atoms with E-state index in [1.54, 1.807) is 6.92 Å². The molecule has 0 saturated heterocycles. The van der Waals surface area contributed by atoms with Crippen LogP contribution in [0.1, 0.15) is 39.2 Å². The third-order valence-electron chi connectivity index (χ3n) is 2.83. The van der Waals surface area contributed by atoms with E-state index in [9.17, 15) is 4.79 Å². The summed E-state index contributed by atoms with van der Waals surface area (Å²) in [6.45, 7) is 7.92. The SMILES string of the molecule is CC(=O)CCCNCC(C)(C)c1cc[nH]c1. The van der Waals surface area contributed by atoms with Crippen molar-refractivity contribution >= 4 is 5.78 Å². The summed E-state index contributed by atoms with van der Waals surface area (Å²) < 4.78 is 0. The Labute approximate surface area is 97.6 Å². The molecule has 0 spiro atoms. The van der Waals surface area contributed by atoms with Crippen molar-refractivity contribution in [2.45, 2.75) is 39.0 Å². The summed E-state index contributed by atoms with van der Waals surface area (Å²) in [4.78, 5) is 13.8. The molecule has 0 aliphatic heterocycles. The number of hydrogen-bond donors (Lipinski definition) is 2. The van der Waals surface area contributed by atoms with Gasteiger partial charge in [0.25, 0.3) is 0 Å². The average Bonchev–Trinajstić information content (AvgIpc) is 2.69. The van der Waals surface area contributed by atoms with Crippen LogP contribution in [-0.4, -0.2) is 23.9 Å². The van der Waals surface area contributed by atoms with Gasteiger partial charge in [0.2, 0.25) is 0 Å². The molecule has 1 aromatic rings. The fourth-order valence-electron chi connectivity index (χ4n) is 1.71. The van der Waals surface area contributed by atoms with E-state index < -0.39 is 0 Å². The first kappa shape index (κ1) is 13.0. The Kier molecular flexibility index (Phi) is 4.74. The van der Waals surface area contributed by atoms with Gasteiger partial charge in [-0.1, -0.05) is 13.8 Å². The molecule has 0 atom stereocenters. The Balaban J connectivity index is 2.24. The highest BCUT2D eigenvalue weighted by Gasteiger charge is 2.19. The molecule has 1 rings (SSSR count). The van der Waals surface area contributed by atoms with Crippen LogP contribution in [0.25, 0.3) is 0 Å². The molecule has 1 heterocycles. The second-order valence-electron chi connectivity index (χ2n) is 4.97. The van der Waals surface area contributed by atoms with Gasteiger partial charge >= 0.3 is 0 Å². The van der Waals surface area contributed by atoms with Crippen molar-refractivity contribution in [3.05, 3.63) is 24.0 Å². The van der Waals surface area contributed by atoms with Gasteiger partial charge in [-0.3, -0.25) is 0 Å². The van der Waals surface area contributed by atoms with Crippen LogP contribution in [0, 0.1) is 0 Å². The van der Waals surface area contributed by atoms with Crippen LogP contribution in [0.4, 0.5) is 0 Å². The number of aromatic amines is 1. The van der Waals surface area contributed by atoms with Gasteiger partial charge in [-0.2, -0.15) is 0 Å². The van der Waals surface area contributed by atoms with Crippen LogP contribution in [0.2, 0.25) is 0 Å². The lowest BCUT2D eigenvalue weighted by Gasteiger charge is -2.24. The van der Waals surface area contributed by atoms with Gasteiger partial charge in [0.15, 0.2) is 0 Å². The lowest BCUT2D eigenvalue weighted by atomic mass is 9.86. The highest BCUT2D eigenvalue weighted by molar-refractivity contribution is 5.75. The molecule has 2 N–H and O–H groups in total. The standard InChI is InChI=1S/C13H22N2O/c1-11(16)5-4-7-15-10-13(2,3)12-6-8-14-9-12/h6,8-9,14-15H,4-5,7,10H2,1-3H3. The van der Waals surface area contributed by atoms with E-state index in [0.29, 0.717) is 6.42 Å². The molecule has 0 radical (unpaired) electrons. The maximum Gasteiger partial charge on any atom is 0.129 e. The highest BCUT2D eigenvalue weighted by atomic mass is 16.1. The minimum atomic E-state index is 0.135. The van der Waals surface area contributed by atoms with Crippen molar-refractivity contribution < 1.29 is 4.79 Å². The largest absolute Gasteiger partial charge is 0.367 e. The minimum Gasteiger partial charge on any atom is -0.367 e. The highest BCUT2D eigenvalue weighted by Crippen LogP contribution is 2.21. The molecule has 0 aliphatic carbocycles. The van der Waals surface area contributed by atoms with E-state index >= 15 is 0 Å². The first-order valence-corrected chi connectivity index (χ1v) is 5.86. The molecule has 0 aliphatic rings. The predicted octanol–water partition coefficient (Wildman–Crippen LogP) is 2.25. The van der Waals surface area contributed by atoms with Gasteiger partial charge in [0.1, 0.15) is 5.78 Å². The van der Waals surface area contributed by atoms with Gasteiger partial charge in [-0.15, -0.1) is 0 Å². The molecule has 90 valence electrons. The Hall–Kier alpha value is -1.09. The zero-order valence-corrected chi connectivity index (χ0v) is 10.5. The quantitative estimate of drug-likeness (QED) is 0.695. The number of nitrogens with one attached hydrogen (secondary N) is 2. The van der Waals surface area contributed by atoms with E-state index in [-0.39, 0.29) is 11.2 Å². The van der Waals surface area contributed by atoms with E-state index in [1.165, 1.54) is 5.56 Å². The van der Waals surface area contributed by atoms with Crippen molar-refractivity contribution in [1.29, 1.82) is 0 Å². The molecule has 3 heteroatoms. The summed E-state index contributed by atoms with van der Waals surface area (Å²) in [7, 11) is 0. The number of rotatable bonds is 7. The molecule has 0 unspecified atom stereocenters. The Morgan fingerprint density at radius 1 is 1.50 bits per heavy atom. The van der Waals surface area contributed by atoms with Crippen LogP contribution < -0.4 is 5.32 Å². The Morgan fingerprint density at radius 2 is 2.25 bits per heavy atom. The number of carbonyl (C=O) groups excluding carboxylic acids is 1. The zero-order chi connectivity index (χ0) is 12.0. The van der Waals surface area contributed by atoms with Crippen LogP contribution in [-0.2, 0) is 10.2 Å². The van der Waals surface area contributed by atoms with Crippen molar-refractivity contribution in [2.75, 3.05) is 13.1 Å². The van der Waals surface area contributed by atoms with E-state index in [0.717, 1.165) is 19.5 Å². The van der Waals surface area contributed by atoms with E-state index in [2.05, 4.69) is 30.2 Å². The summed E-state index contributed by atoms with van der Waals surface area (Å²) in [6, 6.07) is 2.11. The topological polar surface area (TPSA) is 44.9 Å². The van der Waals surface area contributed by atoms with Crippen molar-refractivity contribution in [2.24, 2.45) is 0 Å². The van der Waals surface area contributed by atoms with Crippen molar-refractivity contribution in [3.63, 3.8) is 0 Å². The summed E-state index contributed by atoms with van der Waals surface area (Å²) in [5.74, 6) is 0.270. The third-order valence-corrected chi connectivity index (χ3v) is 2.83. The van der Waals surface area contributed by atoms with Crippen LogP contribution >= 0.6 is 0 Å².